The number of alkyl halides is 3. The lowest BCUT2D eigenvalue weighted by Gasteiger charge is -2.31. The quantitative estimate of drug-likeness (QED) is 0.747. The molecule has 0 radical (unpaired) electrons. The molecule has 9 heteroatoms. The van der Waals surface area contributed by atoms with Gasteiger partial charge in [0, 0.05) is 5.92 Å². The van der Waals surface area contributed by atoms with Gasteiger partial charge in [0.25, 0.3) is 0 Å². The Labute approximate surface area is 149 Å². The molecule has 1 fully saturated rings. The molecule has 1 aromatic rings. The maximum atomic E-state index is 12.9. The molecule has 1 saturated heterocycles. The minimum atomic E-state index is -4.55. The van der Waals surface area contributed by atoms with Gasteiger partial charge < -0.3 is 16.4 Å². The number of hydrogen-bond acceptors (Lipinski definition) is 3. The van der Waals surface area contributed by atoms with Crippen molar-refractivity contribution >= 4 is 24.2 Å². The van der Waals surface area contributed by atoms with Gasteiger partial charge in [-0.05, 0) is 50.6 Å². The molecule has 1 unspecified atom stereocenters. The lowest BCUT2D eigenvalue weighted by atomic mass is 9.88. The van der Waals surface area contributed by atoms with Crippen molar-refractivity contribution < 1.29 is 22.8 Å². The Morgan fingerprint density at radius 1 is 1.20 bits per heavy atom. The zero-order valence-electron chi connectivity index (χ0n) is 13.7. The number of carbonyl (C=O) groups excluding carboxylic acids is 2. The van der Waals surface area contributed by atoms with Crippen LogP contribution < -0.4 is 16.4 Å². The highest BCUT2D eigenvalue weighted by molar-refractivity contribution is 5.91. The van der Waals surface area contributed by atoms with E-state index in [2.05, 4.69) is 10.6 Å². The van der Waals surface area contributed by atoms with Gasteiger partial charge in [0.1, 0.15) is 5.54 Å². The zero-order chi connectivity index (χ0) is 18.0. The van der Waals surface area contributed by atoms with E-state index in [1.165, 1.54) is 19.1 Å². The first-order valence-electron chi connectivity index (χ1n) is 7.65. The standard InChI is InChI=1S/C16H20F3N3O2.ClH/c1-15(14(20)24,22-13(23)10-5-7-21-8-6-10)11-3-2-4-12(9-11)16(17,18)19;/h2-4,9-10,21H,5-8H2,1H3,(H2,20,24)(H,22,23);1H. The molecule has 0 aromatic heterocycles. The SMILES string of the molecule is CC(NC(=O)C1CCNCC1)(C(N)=O)c1cccc(C(F)(F)F)c1.Cl. The van der Waals surface area contributed by atoms with Crippen LogP contribution in [0.2, 0.25) is 0 Å². The van der Waals surface area contributed by atoms with Crippen LogP contribution in [0, 0.1) is 5.92 Å². The molecule has 2 rings (SSSR count). The monoisotopic (exact) mass is 379 g/mol. The fraction of sp³-hybridized carbons (Fsp3) is 0.500. The fourth-order valence-corrected chi connectivity index (χ4v) is 2.72. The Morgan fingerprint density at radius 3 is 2.28 bits per heavy atom. The van der Waals surface area contributed by atoms with E-state index >= 15 is 0 Å². The molecule has 0 aliphatic carbocycles. The summed E-state index contributed by atoms with van der Waals surface area (Å²) in [7, 11) is 0. The number of nitrogens with two attached hydrogens (primary N) is 1. The van der Waals surface area contributed by atoms with Crippen molar-refractivity contribution in [2.75, 3.05) is 13.1 Å². The Morgan fingerprint density at radius 2 is 1.76 bits per heavy atom. The number of hydrogen-bond donors (Lipinski definition) is 3. The van der Waals surface area contributed by atoms with Crippen LogP contribution in [0.25, 0.3) is 0 Å². The van der Waals surface area contributed by atoms with E-state index in [0.29, 0.717) is 25.9 Å². The smallest absolute Gasteiger partial charge is 0.367 e. The van der Waals surface area contributed by atoms with E-state index in [0.717, 1.165) is 12.1 Å². The van der Waals surface area contributed by atoms with Crippen molar-refractivity contribution in [3.63, 3.8) is 0 Å². The van der Waals surface area contributed by atoms with Crippen LogP contribution in [0.3, 0.4) is 0 Å². The summed E-state index contributed by atoms with van der Waals surface area (Å²) >= 11 is 0. The molecule has 1 aliphatic heterocycles. The molecule has 0 saturated carbocycles. The average Bonchev–Trinajstić information content (AvgIpc) is 2.54. The predicted octanol–water partition coefficient (Wildman–Crippen LogP) is 1.94. The summed E-state index contributed by atoms with van der Waals surface area (Å²) in [5, 5.41) is 5.66. The van der Waals surface area contributed by atoms with Gasteiger partial charge >= 0.3 is 6.18 Å². The number of rotatable bonds is 4. The van der Waals surface area contributed by atoms with Crippen molar-refractivity contribution in [3.8, 4) is 0 Å². The number of piperidine rings is 1. The van der Waals surface area contributed by atoms with Crippen molar-refractivity contribution in [1.29, 1.82) is 0 Å². The summed E-state index contributed by atoms with van der Waals surface area (Å²) in [5.41, 5.74) is 2.79. The third-order valence-electron chi connectivity index (χ3n) is 4.34. The summed E-state index contributed by atoms with van der Waals surface area (Å²) in [6, 6.07) is 4.28. The Hall–Kier alpha value is -1.80. The Balaban J connectivity index is 0.00000312. The van der Waals surface area contributed by atoms with Crippen LogP contribution in [0.1, 0.15) is 30.9 Å². The minimum Gasteiger partial charge on any atom is -0.367 e. The van der Waals surface area contributed by atoms with Gasteiger partial charge in [-0.2, -0.15) is 13.2 Å². The van der Waals surface area contributed by atoms with Crippen LogP contribution in [0.4, 0.5) is 13.2 Å². The maximum Gasteiger partial charge on any atom is 0.416 e. The maximum absolute atomic E-state index is 12.9. The van der Waals surface area contributed by atoms with Crippen molar-refractivity contribution in [3.05, 3.63) is 35.4 Å². The van der Waals surface area contributed by atoms with Gasteiger partial charge in [-0.3, -0.25) is 9.59 Å². The zero-order valence-corrected chi connectivity index (χ0v) is 14.5. The lowest BCUT2D eigenvalue weighted by Crippen LogP contribution is -2.55. The van der Waals surface area contributed by atoms with Crippen LogP contribution in [0.5, 0.6) is 0 Å². The second-order valence-electron chi connectivity index (χ2n) is 6.08. The van der Waals surface area contributed by atoms with Gasteiger partial charge in [-0.15, -0.1) is 12.4 Å². The molecule has 0 bridgehead atoms. The third kappa shape index (κ3) is 4.85. The number of primary amides is 1. The van der Waals surface area contributed by atoms with Crippen molar-refractivity contribution in [1.82, 2.24) is 10.6 Å². The summed E-state index contributed by atoms with van der Waals surface area (Å²) in [5.74, 6) is -1.59. The second kappa shape index (κ2) is 8.05. The normalized spacial score (nSPS) is 17.9. The number of amides is 2. The number of halogens is 4. The number of benzene rings is 1. The molecular weight excluding hydrogens is 359 g/mol. The van der Waals surface area contributed by atoms with Gasteiger partial charge in [0.15, 0.2) is 0 Å². The molecular formula is C16H21ClF3N3O2. The van der Waals surface area contributed by atoms with E-state index in [-0.39, 0.29) is 29.8 Å². The van der Waals surface area contributed by atoms with Crippen LogP contribution in [-0.4, -0.2) is 24.9 Å². The van der Waals surface area contributed by atoms with Gasteiger partial charge in [-0.1, -0.05) is 12.1 Å². The van der Waals surface area contributed by atoms with Gasteiger partial charge in [-0.25, -0.2) is 0 Å². The molecule has 2 amide bonds. The molecule has 140 valence electrons. The second-order valence-corrected chi connectivity index (χ2v) is 6.08. The lowest BCUT2D eigenvalue weighted by molar-refractivity contribution is -0.138. The van der Waals surface area contributed by atoms with Crippen molar-refractivity contribution in [2.45, 2.75) is 31.5 Å². The highest BCUT2D eigenvalue weighted by Gasteiger charge is 2.39. The van der Waals surface area contributed by atoms with Crippen LogP contribution in [-0.2, 0) is 21.3 Å². The highest BCUT2D eigenvalue weighted by atomic mass is 35.5. The Kier molecular flexibility index (Phi) is 6.84. The van der Waals surface area contributed by atoms with Crippen LogP contribution >= 0.6 is 12.4 Å². The first-order chi connectivity index (χ1) is 11.1. The highest BCUT2D eigenvalue weighted by Crippen LogP contribution is 2.32. The minimum absolute atomic E-state index is 0. The van der Waals surface area contributed by atoms with E-state index in [1.54, 1.807) is 0 Å². The molecule has 1 atom stereocenters. The molecule has 1 aliphatic rings. The molecule has 25 heavy (non-hydrogen) atoms. The van der Waals surface area contributed by atoms with E-state index in [1.807, 2.05) is 0 Å². The molecule has 1 heterocycles. The third-order valence-corrected chi connectivity index (χ3v) is 4.34. The summed E-state index contributed by atoms with van der Waals surface area (Å²) in [6.45, 7) is 2.67. The number of carbonyl (C=O) groups is 2. The van der Waals surface area contributed by atoms with E-state index < -0.39 is 23.2 Å². The van der Waals surface area contributed by atoms with E-state index in [9.17, 15) is 22.8 Å². The van der Waals surface area contributed by atoms with Gasteiger partial charge in [0.05, 0.1) is 5.56 Å². The summed E-state index contributed by atoms with van der Waals surface area (Å²) in [4.78, 5) is 24.3. The number of nitrogens with one attached hydrogen (secondary N) is 2. The van der Waals surface area contributed by atoms with Gasteiger partial charge in [0.2, 0.25) is 11.8 Å². The first kappa shape index (κ1) is 21.2. The first-order valence-corrected chi connectivity index (χ1v) is 7.65. The molecule has 4 N–H and O–H groups in total. The molecule has 1 aromatic carbocycles. The van der Waals surface area contributed by atoms with Crippen LogP contribution in [0.15, 0.2) is 24.3 Å². The fourth-order valence-electron chi connectivity index (χ4n) is 2.72. The Bertz CT molecular complexity index is 633. The van der Waals surface area contributed by atoms with E-state index in [4.69, 9.17) is 5.73 Å². The summed E-state index contributed by atoms with van der Waals surface area (Å²) < 4.78 is 38.7. The topological polar surface area (TPSA) is 84.2 Å². The largest absolute Gasteiger partial charge is 0.416 e. The molecule has 0 spiro atoms. The molecule has 5 nitrogen and oxygen atoms in total. The predicted molar refractivity (Wildman–Crippen MR) is 89.0 cm³/mol. The summed E-state index contributed by atoms with van der Waals surface area (Å²) in [6.07, 6.45) is -3.35. The average molecular weight is 380 g/mol. The van der Waals surface area contributed by atoms with Crippen molar-refractivity contribution in [2.24, 2.45) is 11.7 Å².